The Bertz CT molecular complexity index is 1170. The van der Waals surface area contributed by atoms with E-state index in [0.29, 0.717) is 18.5 Å². The predicted molar refractivity (Wildman–Crippen MR) is 118 cm³/mol. The number of benzene rings is 3. The number of carbonyl (C=O) groups is 2. The molecule has 0 radical (unpaired) electrons. The van der Waals surface area contributed by atoms with Gasteiger partial charge in [0.05, 0.1) is 0 Å². The van der Waals surface area contributed by atoms with Gasteiger partial charge in [-0.3, -0.25) is 9.59 Å². The van der Waals surface area contributed by atoms with Gasteiger partial charge in [0.25, 0.3) is 5.91 Å². The van der Waals surface area contributed by atoms with Crippen LogP contribution in [0.2, 0.25) is 0 Å². The normalized spacial score (nSPS) is 17.8. The molecule has 0 fully saturated rings. The molecule has 1 unspecified atom stereocenters. The highest BCUT2D eigenvalue weighted by Gasteiger charge is 2.46. The van der Waals surface area contributed by atoms with Gasteiger partial charge in [-0.05, 0) is 54.3 Å². The van der Waals surface area contributed by atoms with Crippen LogP contribution in [0.15, 0.2) is 66.7 Å². The molecule has 6 heteroatoms. The van der Waals surface area contributed by atoms with E-state index in [9.17, 15) is 18.4 Å². The van der Waals surface area contributed by atoms with Crippen molar-refractivity contribution in [1.29, 1.82) is 0 Å². The second-order valence-corrected chi connectivity index (χ2v) is 8.39. The van der Waals surface area contributed by atoms with E-state index in [-0.39, 0.29) is 23.9 Å². The van der Waals surface area contributed by atoms with Crippen molar-refractivity contribution in [2.24, 2.45) is 0 Å². The molecule has 32 heavy (non-hydrogen) atoms. The van der Waals surface area contributed by atoms with Crippen molar-refractivity contribution in [2.75, 3.05) is 0 Å². The molecule has 0 aromatic heterocycles. The first-order chi connectivity index (χ1) is 15.3. The van der Waals surface area contributed by atoms with E-state index >= 15 is 0 Å². The third-order valence-corrected chi connectivity index (χ3v) is 6.08. The van der Waals surface area contributed by atoms with Crippen LogP contribution in [0.5, 0.6) is 0 Å². The minimum atomic E-state index is -1.23. The molecular formula is C26H24F2N2O2. The number of hydrogen-bond acceptors (Lipinski definition) is 2. The van der Waals surface area contributed by atoms with Crippen molar-refractivity contribution in [1.82, 2.24) is 10.2 Å². The van der Waals surface area contributed by atoms with Crippen LogP contribution in [0.25, 0.3) is 0 Å². The molecular weight excluding hydrogens is 410 g/mol. The number of halogens is 2. The minimum absolute atomic E-state index is 0.0872. The van der Waals surface area contributed by atoms with E-state index in [0.717, 1.165) is 22.8 Å². The Labute approximate surface area is 185 Å². The van der Waals surface area contributed by atoms with Crippen molar-refractivity contribution in [3.8, 4) is 0 Å². The fourth-order valence-corrected chi connectivity index (χ4v) is 4.23. The first-order valence-corrected chi connectivity index (χ1v) is 10.5. The van der Waals surface area contributed by atoms with E-state index in [1.807, 2.05) is 43.3 Å². The van der Waals surface area contributed by atoms with Gasteiger partial charge in [0, 0.05) is 31.1 Å². The summed E-state index contributed by atoms with van der Waals surface area (Å²) in [4.78, 5) is 28.3. The highest BCUT2D eigenvalue weighted by atomic mass is 19.1. The summed E-state index contributed by atoms with van der Waals surface area (Å²) in [6.45, 7) is 3.90. The molecule has 0 saturated carbocycles. The molecule has 0 saturated heterocycles. The molecule has 0 aliphatic carbocycles. The summed E-state index contributed by atoms with van der Waals surface area (Å²) < 4.78 is 27.6. The van der Waals surface area contributed by atoms with Gasteiger partial charge < -0.3 is 10.2 Å². The summed E-state index contributed by atoms with van der Waals surface area (Å²) in [5.74, 6) is -2.11. The Balaban J connectivity index is 1.68. The van der Waals surface area contributed by atoms with E-state index in [2.05, 4.69) is 5.32 Å². The molecule has 2 amide bonds. The molecule has 4 nitrogen and oxygen atoms in total. The van der Waals surface area contributed by atoms with Crippen molar-refractivity contribution in [3.63, 3.8) is 0 Å². The van der Waals surface area contributed by atoms with Crippen LogP contribution in [0.3, 0.4) is 0 Å². The van der Waals surface area contributed by atoms with Crippen LogP contribution in [-0.2, 0) is 24.3 Å². The summed E-state index contributed by atoms with van der Waals surface area (Å²) in [6, 6.07) is 18.0. The maximum absolute atomic E-state index is 13.8. The quantitative estimate of drug-likeness (QED) is 0.641. The zero-order valence-electron chi connectivity index (χ0n) is 18.0. The third kappa shape index (κ3) is 4.13. The minimum Gasteiger partial charge on any atom is -0.350 e. The van der Waals surface area contributed by atoms with Gasteiger partial charge in [-0.1, -0.05) is 42.5 Å². The maximum Gasteiger partial charge on any atom is 0.255 e. The number of amides is 2. The lowest BCUT2D eigenvalue weighted by atomic mass is 9.82. The van der Waals surface area contributed by atoms with Crippen molar-refractivity contribution < 1.29 is 18.4 Å². The maximum atomic E-state index is 13.8. The third-order valence-electron chi connectivity index (χ3n) is 6.08. The van der Waals surface area contributed by atoms with Crippen LogP contribution in [0.4, 0.5) is 8.78 Å². The molecule has 1 aliphatic rings. The summed E-state index contributed by atoms with van der Waals surface area (Å²) in [6.07, 6.45) is 0.298. The van der Waals surface area contributed by atoms with Gasteiger partial charge in [0.1, 0.15) is 17.2 Å². The monoisotopic (exact) mass is 434 g/mol. The predicted octanol–water partition coefficient (Wildman–Crippen LogP) is 4.55. The summed E-state index contributed by atoms with van der Waals surface area (Å²) in [5.41, 5.74) is 2.35. The Hall–Kier alpha value is -3.54. The molecule has 1 aliphatic heterocycles. The van der Waals surface area contributed by atoms with E-state index in [4.69, 9.17) is 0 Å². The van der Waals surface area contributed by atoms with Gasteiger partial charge in [-0.15, -0.1) is 0 Å². The number of aryl methyl sites for hydroxylation is 1. The molecule has 164 valence electrons. The highest BCUT2D eigenvalue weighted by Crippen LogP contribution is 2.33. The summed E-state index contributed by atoms with van der Waals surface area (Å²) in [5, 5.41) is 2.96. The van der Waals surface area contributed by atoms with Gasteiger partial charge >= 0.3 is 0 Å². The van der Waals surface area contributed by atoms with Crippen LogP contribution < -0.4 is 5.32 Å². The average Bonchev–Trinajstić information content (AvgIpc) is 2.75. The van der Waals surface area contributed by atoms with Crippen molar-refractivity contribution in [2.45, 2.75) is 38.9 Å². The smallest absolute Gasteiger partial charge is 0.255 e. The van der Waals surface area contributed by atoms with Crippen LogP contribution >= 0.6 is 0 Å². The van der Waals surface area contributed by atoms with Crippen LogP contribution in [0, 0.1) is 18.6 Å². The van der Waals surface area contributed by atoms with Crippen LogP contribution in [0.1, 0.15) is 39.5 Å². The summed E-state index contributed by atoms with van der Waals surface area (Å²) in [7, 11) is 0. The Morgan fingerprint density at radius 2 is 1.69 bits per heavy atom. The van der Waals surface area contributed by atoms with E-state index in [1.165, 1.54) is 17.0 Å². The van der Waals surface area contributed by atoms with Gasteiger partial charge in [0.2, 0.25) is 5.91 Å². The second-order valence-electron chi connectivity index (χ2n) is 8.39. The standard InChI is InChI=1S/C26H24F2N2O2/c1-17-7-3-4-9-20(17)15-29-25(32)26(2)14-19-8-5-6-10-23(19)24(31)30(26)16-18-11-21(27)13-22(28)12-18/h3-13H,14-16H2,1-2H3,(H,29,32). The van der Waals surface area contributed by atoms with Crippen LogP contribution in [-0.4, -0.2) is 22.3 Å². The molecule has 3 aromatic rings. The molecule has 1 atom stereocenters. The Morgan fingerprint density at radius 3 is 2.41 bits per heavy atom. The molecule has 1 heterocycles. The van der Waals surface area contributed by atoms with Gasteiger partial charge in [-0.25, -0.2) is 8.78 Å². The van der Waals surface area contributed by atoms with Gasteiger partial charge in [0.15, 0.2) is 0 Å². The van der Waals surface area contributed by atoms with E-state index in [1.54, 1.807) is 19.1 Å². The lowest BCUT2D eigenvalue weighted by Gasteiger charge is -2.44. The second kappa shape index (κ2) is 8.54. The van der Waals surface area contributed by atoms with Crippen molar-refractivity contribution >= 4 is 11.8 Å². The SMILES string of the molecule is Cc1ccccc1CNC(=O)C1(C)Cc2ccccc2C(=O)N1Cc1cc(F)cc(F)c1. The Kier molecular flexibility index (Phi) is 5.78. The number of hydrogen-bond donors (Lipinski definition) is 1. The zero-order chi connectivity index (χ0) is 22.9. The number of fused-ring (bicyclic) bond motifs is 1. The number of nitrogens with one attached hydrogen (secondary N) is 1. The molecule has 0 spiro atoms. The molecule has 0 bridgehead atoms. The highest BCUT2D eigenvalue weighted by molar-refractivity contribution is 6.02. The zero-order valence-corrected chi connectivity index (χ0v) is 18.0. The van der Waals surface area contributed by atoms with Crippen molar-refractivity contribution in [3.05, 3.63) is 106 Å². The largest absolute Gasteiger partial charge is 0.350 e. The Morgan fingerprint density at radius 1 is 1.03 bits per heavy atom. The lowest BCUT2D eigenvalue weighted by molar-refractivity contribution is -0.132. The fourth-order valence-electron chi connectivity index (χ4n) is 4.23. The number of rotatable bonds is 5. The molecule has 3 aromatic carbocycles. The number of nitrogens with zero attached hydrogens (tertiary/aromatic N) is 1. The molecule has 1 N–H and O–H groups in total. The fraction of sp³-hybridized carbons (Fsp3) is 0.231. The summed E-state index contributed by atoms with van der Waals surface area (Å²) >= 11 is 0. The van der Waals surface area contributed by atoms with E-state index < -0.39 is 17.2 Å². The lowest BCUT2D eigenvalue weighted by Crippen LogP contribution is -2.62. The number of carbonyl (C=O) groups excluding carboxylic acids is 2. The topological polar surface area (TPSA) is 49.4 Å². The average molecular weight is 434 g/mol. The first-order valence-electron chi connectivity index (χ1n) is 10.5. The van der Waals surface area contributed by atoms with Gasteiger partial charge in [-0.2, -0.15) is 0 Å². The molecule has 4 rings (SSSR count). The first kappa shape index (κ1) is 21.7.